The molecule has 1 aromatic carbocycles. The zero-order valence-corrected chi connectivity index (χ0v) is 12.0. The number of carbonyl (C=O) groups excluding carboxylic acids is 1. The second kappa shape index (κ2) is 8.76. The fourth-order valence-corrected chi connectivity index (χ4v) is 1.39. The van der Waals surface area contributed by atoms with Gasteiger partial charge in [-0.25, -0.2) is 0 Å². The van der Waals surface area contributed by atoms with Crippen molar-refractivity contribution in [1.82, 2.24) is 16.2 Å². The predicted octanol–water partition coefficient (Wildman–Crippen LogP) is 0.755. The molecule has 0 radical (unpaired) electrons. The molecule has 0 spiro atoms. The molecule has 6 nitrogen and oxygen atoms in total. The average Bonchev–Trinajstić information content (AvgIpc) is 2.48. The molecule has 0 aliphatic carbocycles. The molecule has 0 aromatic heterocycles. The zero-order valence-electron chi connectivity index (χ0n) is 11.1. The number of ether oxygens (including phenoxy) is 2. The number of amides is 1. The maximum Gasteiger partial charge on any atom is 0.276 e. The van der Waals surface area contributed by atoms with Gasteiger partial charge in [0, 0.05) is 6.54 Å². The van der Waals surface area contributed by atoms with Crippen LogP contribution in [0, 0.1) is 0 Å². The third-order valence-corrected chi connectivity index (χ3v) is 2.40. The lowest BCUT2D eigenvalue weighted by molar-refractivity contribution is -0.123. The van der Waals surface area contributed by atoms with Crippen LogP contribution in [0.1, 0.15) is 0 Å². The lowest BCUT2D eigenvalue weighted by Crippen LogP contribution is -2.48. The summed E-state index contributed by atoms with van der Waals surface area (Å²) in [7, 11) is 1.54. The maximum atomic E-state index is 11.5. The Labute approximate surface area is 123 Å². The summed E-state index contributed by atoms with van der Waals surface area (Å²) in [4.78, 5) is 11.5. The van der Waals surface area contributed by atoms with Gasteiger partial charge in [0.2, 0.25) is 0 Å². The number of thiocarbonyl (C=S) groups is 1. The van der Waals surface area contributed by atoms with E-state index in [0.717, 1.165) is 0 Å². The van der Waals surface area contributed by atoms with E-state index in [1.165, 1.54) is 7.11 Å². The van der Waals surface area contributed by atoms with Crippen molar-refractivity contribution in [1.29, 1.82) is 0 Å². The Kier molecular flexibility index (Phi) is 6.91. The molecule has 1 aromatic rings. The summed E-state index contributed by atoms with van der Waals surface area (Å²) in [5.41, 5.74) is 4.95. The van der Waals surface area contributed by atoms with Gasteiger partial charge in [0.25, 0.3) is 5.91 Å². The molecular weight excluding hydrogens is 278 g/mol. The molecular formula is C13H17N3O3S. The average molecular weight is 295 g/mol. The second-order valence-electron chi connectivity index (χ2n) is 3.61. The van der Waals surface area contributed by atoms with Crippen LogP contribution in [-0.4, -0.2) is 31.3 Å². The Hall–Kier alpha value is -2.28. The molecule has 0 aliphatic heterocycles. The third-order valence-electron chi connectivity index (χ3n) is 2.15. The van der Waals surface area contributed by atoms with Crippen LogP contribution in [0.25, 0.3) is 0 Å². The fraction of sp³-hybridized carbons (Fsp3) is 0.231. The van der Waals surface area contributed by atoms with Gasteiger partial charge >= 0.3 is 0 Å². The molecule has 0 bridgehead atoms. The number of para-hydroxylation sites is 2. The summed E-state index contributed by atoms with van der Waals surface area (Å²) >= 11 is 4.91. The number of nitrogens with one attached hydrogen (secondary N) is 3. The Morgan fingerprint density at radius 3 is 2.70 bits per heavy atom. The molecule has 1 rings (SSSR count). The first kappa shape index (κ1) is 15.8. The third kappa shape index (κ3) is 5.57. The van der Waals surface area contributed by atoms with Crippen LogP contribution in [-0.2, 0) is 4.79 Å². The standard InChI is InChI=1S/C13H17N3O3S/c1-3-8-14-13(20)16-15-12(17)9-19-11-7-5-4-6-10(11)18-2/h3-7H,1,8-9H2,2H3,(H,15,17)(H2,14,16,20). The van der Waals surface area contributed by atoms with Crippen molar-refractivity contribution in [3.63, 3.8) is 0 Å². The number of carbonyl (C=O) groups is 1. The molecule has 1 amide bonds. The maximum absolute atomic E-state index is 11.5. The molecule has 0 unspecified atom stereocenters. The van der Waals surface area contributed by atoms with Gasteiger partial charge in [-0.1, -0.05) is 18.2 Å². The van der Waals surface area contributed by atoms with E-state index in [9.17, 15) is 4.79 Å². The molecule has 0 heterocycles. The number of methoxy groups -OCH3 is 1. The van der Waals surface area contributed by atoms with Crippen molar-refractivity contribution in [2.24, 2.45) is 0 Å². The SMILES string of the molecule is C=CCNC(=S)NNC(=O)COc1ccccc1OC. The summed E-state index contributed by atoms with van der Waals surface area (Å²) in [5.74, 6) is 0.701. The van der Waals surface area contributed by atoms with E-state index in [2.05, 4.69) is 22.7 Å². The first-order chi connectivity index (χ1) is 9.67. The van der Waals surface area contributed by atoms with Gasteiger partial charge in [0.05, 0.1) is 7.11 Å². The van der Waals surface area contributed by atoms with Crippen LogP contribution in [0.15, 0.2) is 36.9 Å². The van der Waals surface area contributed by atoms with Crippen LogP contribution in [0.2, 0.25) is 0 Å². The lowest BCUT2D eigenvalue weighted by Gasteiger charge is -2.12. The van der Waals surface area contributed by atoms with Crippen LogP contribution in [0.3, 0.4) is 0 Å². The van der Waals surface area contributed by atoms with Crippen LogP contribution in [0.5, 0.6) is 11.5 Å². The van der Waals surface area contributed by atoms with Crippen LogP contribution >= 0.6 is 12.2 Å². The van der Waals surface area contributed by atoms with Crippen molar-refractivity contribution in [2.75, 3.05) is 20.3 Å². The minimum atomic E-state index is -0.362. The Morgan fingerprint density at radius 2 is 2.05 bits per heavy atom. The normalized spacial score (nSPS) is 9.25. The Balaban J connectivity index is 2.32. The molecule has 108 valence electrons. The Morgan fingerprint density at radius 1 is 1.35 bits per heavy atom. The van der Waals surface area contributed by atoms with E-state index >= 15 is 0 Å². The summed E-state index contributed by atoms with van der Waals surface area (Å²) in [6, 6.07) is 7.08. The van der Waals surface area contributed by atoms with Gasteiger partial charge in [0.15, 0.2) is 23.2 Å². The highest BCUT2D eigenvalue weighted by atomic mass is 32.1. The lowest BCUT2D eigenvalue weighted by atomic mass is 10.3. The van der Waals surface area contributed by atoms with E-state index in [1.54, 1.807) is 24.3 Å². The van der Waals surface area contributed by atoms with Gasteiger partial charge in [-0.3, -0.25) is 15.6 Å². The quantitative estimate of drug-likeness (QED) is 0.409. The largest absolute Gasteiger partial charge is 0.493 e. The summed E-state index contributed by atoms with van der Waals surface area (Å²) < 4.78 is 10.5. The molecule has 20 heavy (non-hydrogen) atoms. The van der Waals surface area contributed by atoms with Crippen molar-refractivity contribution >= 4 is 23.2 Å². The van der Waals surface area contributed by atoms with Gasteiger partial charge in [-0.15, -0.1) is 6.58 Å². The first-order valence-electron chi connectivity index (χ1n) is 5.86. The summed E-state index contributed by atoms with van der Waals surface area (Å²) in [6.45, 7) is 3.90. The van der Waals surface area contributed by atoms with E-state index in [0.29, 0.717) is 23.2 Å². The van der Waals surface area contributed by atoms with Crippen LogP contribution in [0.4, 0.5) is 0 Å². The second-order valence-corrected chi connectivity index (χ2v) is 4.02. The zero-order chi connectivity index (χ0) is 14.8. The molecule has 0 atom stereocenters. The minimum absolute atomic E-state index is 0.155. The topological polar surface area (TPSA) is 71.6 Å². The first-order valence-corrected chi connectivity index (χ1v) is 6.27. The predicted molar refractivity (Wildman–Crippen MR) is 80.6 cm³/mol. The molecule has 3 N–H and O–H groups in total. The fourth-order valence-electron chi connectivity index (χ4n) is 1.25. The number of hydrogen-bond donors (Lipinski definition) is 3. The molecule has 0 aliphatic rings. The molecule has 7 heteroatoms. The molecule has 0 fully saturated rings. The highest BCUT2D eigenvalue weighted by molar-refractivity contribution is 7.80. The number of hydrazine groups is 1. The van der Waals surface area contributed by atoms with Crippen molar-refractivity contribution in [3.05, 3.63) is 36.9 Å². The van der Waals surface area contributed by atoms with Gasteiger partial charge < -0.3 is 14.8 Å². The van der Waals surface area contributed by atoms with Crippen molar-refractivity contribution in [3.8, 4) is 11.5 Å². The highest BCUT2D eigenvalue weighted by Gasteiger charge is 2.06. The van der Waals surface area contributed by atoms with Crippen LogP contribution < -0.4 is 25.6 Å². The number of benzene rings is 1. The van der Waals surface area contributed by atoms with Crippen molar-refractivity contribution in [2.45, 2.75) is 0 Å². The monoisotopic (exact) mass is 295 g/mol. The summed E-state index contributed by atoms with van der Waals surface area (Å²) in [6.07, 6.45) is 1.65. The molecule has 0 saturated carbocycles. The minimum Gasteiger partial charge on any atom is -0.493 e. The Bertz CT molecular complexity index is 480. The molecule has 0 saturated heterocycles. The number of rotatable bonds is 6. The van der Waals surface area contributed by atoms with E-state index in [4.69, 9.17) is 21.7 Å². The van der Waals surface area contributed by atoms with Gasteiger partial charge in [0.1, 0.15) is 0 Å². The summed E-state index contributed by atoms with van der Waals surface area (Å²) in [5, 5.41) is 3.11. The van der Waals surface area contributed by atoms with E-state index < -0.39 is 0 Å². The number of hydrogen-bond acceptors (Lipinski definition) is 4. The smallest absolute Gasteiger partial charge is 0.276 e. The van der Waals surface area contributed by atoms with Crippen molar-refractivity contribution < 1.29 is 14.3 Å². The highest BCUT2D eigenvalue weighted by Crippen LogP contribution is 2.25. The van der Waals surface area contributed by atoms with Gasteiger partial charge in [-0.2, -0.15) is 0 Å². The van der Waals surface area contributed by atoms with Gasteiger partial charge in [-0.05, 0) is 24.4 Å². The van der Waals surface area contributed by atoms with E-state index in [1.807, 2.05) is 6.07 Å². The van der Waals surface area contributed by atoms with E-state index in [-0.39, 0.29) is 12.5 Å².